The van der Waals surface area contributed by atoms with Gasteiger partial charge >= 0.3 is 0 Å². The molecule has 0 atom stereocenters. The predicted octanol–water partition coefficient (Wildman–Crippen LogP) is 3.32. The topological polar surface area (TPSA) is 59.1 Å². The molecule has 0 spiro atoms. The fraction of sp³-hybridized carbons (Fsp3) is 0.182. The highest BCUT2D eigenvalue weighted by Crippen LogP contribution is 2.30. The van der Waals surface area contributed by atoms with Crippen molar-refractivity contribution in [1.82, 2.24) is 4.98 Å². The Balaban J connectivity index is 2.36. The van der Waals surface area contributed by atoms with Gasteiger partial charge in [-0.3, -0.25) is 9.71 Å². The number of aryl methyl sites for hydroxylation is 2. The predicted molar refractivity (Wildman–Crippen MR) is 76.5 cm³/mol. The standard InChI is InChI=1S/C11H11BrN2O2S2/c1-7-5-9(3-4-13-7)14-18(15,16)10-6-11(12)17-8(10)2/h3-6H,1-2H3,(H,13,14). The average molecular weight is 347 g/mol. The summed E-state index contributed by atoms with van der Waals surface area (Å²) in [6.45, 7) is 3.59. The van der Waals surface area contributed by atoms with Crippen molar-refractivity contribution >= 4 is 43.0 Å². The second-order valence-corrected chi connectivity index (χ2v) is 8.05. The second kappa shape index (κ2) is 4.99. The molecule has 0 bridgehead atoms. The van der Waals surface area contributed by atoms with Gasteiger partial charge in [0.1, 0.15) is 4.90 Å². The molecule has 0 radical (unpaired) electrons. The molecule has 2 heterocycles. The van der Waals surface area contributed by atoms with Crippen LogP contribution in [0.3, 0.4) is 0 Å². The van der Waals surface area contributed by atoms with Gasteiger partial charge < -0.3 is 0 Å². The van der Waals surface area contributed by atoms with E-state index in [1.165, 1.54) is 11.3 Å². The fourth-order valence-electron chi connectivity index (χ4n) is 1.52. The summed E-state index contributed by atoms with van der Waals surface area (Å²) in [5.41, 5.74) is 1.28. The molecule has 1 N–H and O–H groups in total. The van der Waals surface area contributed by atoms with Crippen molar-refractivity contribution in [2.45, 2.75) is 18.7 Å². The molecule has 7 heteroatoms. The van der Waals surface area contributed by atoms with E-state index in [4.69, 9.17) is 0 Å². The Morgan fingerprint density at radius 1 is 1.33 bits per heavy atom. The first kappa shape index (κ1) is 13.5. The Kier molecular flexibility index (Phi) is 3.74. The van der Waals surface area contributed by atoms with Crippen molar-refractivity contribution in [3.05, 3.63) is 38.8 Å². The number of thiophene rings is 1. The molecular formula is C11H11BrN2O2S2. The lowest BCUT2D eigenvalue weighted by atomic mass is 10.3. The molecule has 0 aliphatic carbocycles. The van der Waals surface area contributed by atoms with Crippen LogP contribution in [0.15, 0.2) is 33.1 Å². The summed E-state index contributed by atoms with van der Waals surface area (Å²) in [6, 6.07) is 4.92. The Morgan fingerprint density at radius 2 is 2.06 bits per heavy atom. The molecule has 0 unspecified atom stereocenters. The minimum atomic E-state index is -3.54. The minimum Gasteiger partial charge on any atom is -0.279 e. The van der Waals surface area contributed by atoms with Crippen LogP contribution in [-0.4, -0.2) is 13.4 Å². The van der Waals surface area contributed by atoms with Crippen molar-refractivity contribution in [2.75, 3.05) is 4.72 Å². The maximum absolute atomic E-state index is 12.2. The lowest BCUT2D eigenvalue weighted by molar-refractivity contribution is 0.601. The van der Waals surface area contributed by atoms with E-state index < -0.39 is 10.0 Å². The Hall–Kier alpha value is -0.920. The molecule has 0 amide bonds. The second-order valence-electron chi connectivity index (χ2n) is 3.76. The van der Waals surface area contributed by atoms with Crippen molar-refractivity contribution in [1.29, 1.82) is 0 Å². The number of hydrogen-bond acceptors (Lipinski definition) is 4. The highest BCUT2D eigenvalue weighted by Gasteiger charge is 2.19. The van der Waals surface area contributed by atoms with Gasteiger partial charge in [-0.05, 0) is 48.0 Å². The average Bonchev–Trinajstić information content (AvgIpc) is 2.58. The fourth-order valence-corrected chi connectivity index (χ4v) is 4.98. The van der Waals surface area contributed by atoms with E-state index >= 15 is 0 Å². The van der Waals surface area contributed by atoms with Crippen molar-refractivity contribution in [3.8, 4) is 0 Å². The van der Waals surface area contributed by atoms with Gasteiger partial charge in [0, 0.05) is 16.8 Å². The van der Waals surface area contributed by atoms with Gasteiger partial charge in [0.05, 0.1) is 9.47 Å². The highest BCUT2D eigenvalue weighted by atomic mass is 79.9. The number of hydrogen-bond donors (Lipinski definition) is 1. The van der Waals surface area contributed by atoms with Crippen LogP contribution >= 0.6 is 27.3 Å². The van der Waals surface area contributed by atoms with Crippen LogP contribution in [0.1, 0.15) is 10.6 Å². The Bertz CT molecular complexity index is 680. The van der Waals surface area contributed by atoms with E-state index in [0.717, 1.165) is 14.4 Å². The van der Waals surface area contributed by atoms with Gasteiger partial charge in [-0.1, -0.05) is 0 Å². The van der Waals surface area contributed by atoms with Crippen LogP contribution < -0.4 is 4.72 Å². The molecule has 0 aliphatic rings. The summed E-state index contributed by atoms with van der Waals surface area (Å²) in [4.78, 5) is 5.07. The zero-order valence-corrected chi connectivity index (χ0v) is 13.0. The van der Waals surface area contributed by atoms with Gasteiger partial charge in [0.15, 0.2) is 0 Å². The van der Waals surface area contributed by atoms with E-state index in [0.29, 0.717) is 10.6 Å². The number of nitrogens with zero attached hydrogens (tertiary/aromatic N) is 1. The number of pyridine rings is 1. The van der Waals surface area contributed by atoms with E-state index in [1.807, 2.05) is 6.92 Å². The van der Waals surface area contributed by atoms with Gasteiger partial charge in [-0.15, -0.1) is 11.3 Å². The van der Waals surface area contributed by atoms with Gasteiger partial charge in [0.25, 0.3) is 10.0 Å². The highest BCUT2D eigenvalue weighted by molar-refractivity contribution is 9.11. The molecule has 18 heavy (non-hydrogen) atoms. The maximum Gasteiger partial charge on any atom is 0.263 e. The van der Waals surface area contributed by atoms with Crippen LogP contribution in [0.25, 0.3) is 0 Å². The third kappa shape index (κ3) is 2.90. The van der Waals surface area contributed by atoms with Crippen molar-refractivity contribution in [3.63, 3.8) is 0 Å². The monoisotopic (exact) mass is 346 g/mol. The first-order valence-corrected chi connectivity index (χ1v) is 8.19. The first-order chi connectivity index (χ1) is 8.38. The number of nitrogens with one attached hydrogen (secondary N) is 1. The minimum absolute atomic E-state index is 0.300. The molecule has 2 aromatic heterocycles. The quantitative estimate of drug-likeness (QED) is 0.927. The largest absolute Gasteiger partial charge is 0.279 e. The van der Waals surface area contributed by atoms with Crippen LogP contribution in [0.4, 0.5) is 5.69 Å². The van der Waals surface area contributed by atoms with Crippen LogP contribution in [0, 0.1) is 13.8 Å². The first-order valence-electron chi connectivity index (χ1n) is 5.10. The number of aromatic nitrogens is 1. The molecule has 0 aliphatic heterocycles. The molecule has 96 valence electrons. The number of anilines is 1. The third-order valence-electron chi connectivity index (χ3n) is 2.28. The summed E-state index contributed by atoms with van der Waals surface area (Å²) in [5.74, 6) is 0. The van der Waals surface area contributed by atoms with Gasteiger partial charge in [0.2, 0.25) is 0 Å². The van der Waals surface area contributed by atoms with Gasteiger partial charge in [-0.2, -0.15) is 0 Å². The van der Waals surface area contributed by atoms with Crippen molar-refractivity contribution in [2.24, 2.45) is 0 Å². The summed E-state index contributed by atoms with van der Waals surface area (Å²) in [6.07, 6.45) is 1.57. The molecular weight excluding hydrogens is 336 g/mol. The number of halogens is 1. The lowest BCUT2D eigenvalue weighted by Gasteiger charge is -2.07. The summed E-state index contributed by atoms with van der Waals surface area (Å²) in [5, 5.41) is 0. The smallest absolute Gasteiger partial charge is 0.263 e. The van der Waals surface area contributed by atoms with Crippen LogP contribution in [0.2, 0.25) is 0 Å². The zero-order chi connectivity index (χ0) is 13.3. The molecule has 2 rings (SSSR count). The van der Waals surface area contributed by atoms with E-state index in [-0.39, 0.29) is 0 Å². The normalized spacial score (nSPS) is 11.5. The van der Waals surface area contributed by atoms with E-state index in [1.54, 1.807) is 31.3 Å². The molecule has 0 saturated heterocycles. The molecule has 0 saturated carbocycles. The third-order valence-corrected chi connectivity index (χ3v) is 5.47. The molecule has 0 fully saturated rings. The van der Waals surface area contributed by atoms with E-state index in [2.05, 4.69) is 25.6 Å². The zero-order valence-electron chi connectivity index (χ0n) is 9.77. The van der Waals surface area contributed by atoms with E-state index in [9.17, 15) is 8.42 Å². The summed E-state index contributed by atoms with van der Waals surface area (Å²) >= 11 is 4.68. The SMILES string of the molecule is Cc1cc(NS(=O)(=O)c2cc(Br)sc2C)ccn1. The van der Waals surface area contributed by atoms with Gasteiger partial charge in [-0.25, -0.2) is 8.42 Å². The molecule has 0 aromatic carbocycles. The number of rotatable bonds is 3. The van der Waals surface area contributed by atoms with Crippen LogP contribution in [-0.2, 0) is 10.0 Å². The van der Waals surface area contributed by atoms with Crippen molar-refractivity contribution < 1.29 is 8.42 Å². The lowest BCUT2D eigenvalue weighted by Crippen LogP contribution is -2.13. The Morgan fingerprint density at radius 3 is 2.61 bits per heavy atom. The summed E-state index contributed by atoms with van der Waals surface area (Å²) < 4.78 is 27.7. The molecule has 4 nitrogen and oxygen atoms in total. The maximum atomic E-state index is 12.2. The summed E-state index contributed by atoms with van der Waals surface area (Å²) in [7, 11) is -3.54. The Labute approximate surface area is 118 Å². The van der Waals surface area contributed by atoms with Crippen LogP contribution in [0.5, 0.6) is 0 Å². The number of sulfonamides is 1. The molecule has 2 aromatic rings.